The van der Waals surface area contributed by atoms with E-state index in [-0.39, 0.29) is 0 Å². The summed E-state index contributed by atoms with van der Waals surface area (Å²) < 4.78 is 3.03. The maximum atomic E-state index is 4.65. The molecule has 0 spiro atoms. The molecule has 112 valence electrons. The van der Waals surface area contributed by atoms with E-state index in [0.717, 1.165) is 27.4 Å². The van der Waals surface area contributed by atoms with Gasteiger partial charge in [-0.2, -0.15) is 10.2 Å². The maximum absolute atomic E-state index is 4.65. The lowest BCUT2D eigenvalue weighted by Crippen LogP contribution is -2.04. The van der Waals surface area contributed by atoms with Crippen molar-refractivity contribution in [3.63, 3.8) is 0 Å². The number of aryl methyl sites for hydroxylation is 1. The van der Waals surface area contributed by atoms with Crippen LogP contribution in [-0.4, -0.2) is 20.0 Å². The fraction of sp³-hybridized carbons (Fsp3) is 0.188. The van der Waals surface area contributed by atoms with E-state index in [2.05, 4.69) is 43.5 Å². The molecule has 2 aromatic heterocycles. The van der Waals surface area contributed by atoms with Gasteiger partial charge in [0, 0.05) is 28.5 Å². The Labute approximate surface area is 137 Å². The molecule has 0 amide bonds. The van der Waals surface area contributed by atoms with Crippen LogP contribution in [0.2, 0.25) is 0 Å². The van der Waals surface area contributed by atoms with Crippen LogP contribution in [0, 0.1) is 13.8 Å². The smallest absolute Gasteiger partial charge is 0.148 e. The summed E-state index contributed by atoms with van der Waals surface area (Å²) in [4.78, 5) is 0. The second-order valence-electron chi connectivity index (χ2n) is 5.00. The minimum atomic E-state index is 0.674. The number of rotatable bonds is 4. The van der Waals surface area contributed by atoms with Crippen molar-refractivity contribution in [1.82, 2.24) is 20.0 Å². The molecule has 2 heterocycles. The van der Waals surface area contributed by atoms with Gasteiger partial charge in [0.2, 0.25) is 0 Å². The van der Waals surface area contributed by atoms with Crippen molar-refractivity contribution in [2.24, 2.45) is 0 Å². The van der Waals surface area contributed by atoms with E-state index in [1.165, 1.54) is 5.56 Å². The summed E-state index contributed by atoms with van der Waals surface area (Å²) in [5.74, 6) is 0.762. The molecule has 0 aliphatic heterocycles. The molecule has 22 heavy (non-hydrogen) atoms. The molecule has 0 unspecified atom stereocenters. The van der Waals surface area contributed by atoms with Crippen molar-refractivity contribution in [3.05, 3.63) is 64.0 Å². The van der Waals surface area contributed by atoms with E-state index in [4.69, 9.17) is 0 Å². The van der Waals surface area contributed by atoms with E-state index in [9.17, 15) is 0 Å². The summed E-state index contributed by atoms with van der Waals surface area (Å²) in [5.41, 5.74) is 4.36. The van der Waals surface area contributed by atoms with Gasteiger partial charge in [-0.3, -0.25) is 0 Å². The highest BCUT2D eigenvalue weighted by Crippen LogP contribution is 2.20. The summed E-state index contributed by atoms with van der Waals surface area (Å²) in [6, 6.07) is 11.9. The number of benzene rings is 1. The molecule has 3 aromatic rings. The largest absolute Gasteiger partial charge is 0.364 e. The van der Waals surface area contributed by atoms with Crippen molar-refractivity contribution >= 4 is 21.7 Å². The van der Waals surface area contributed by atoms with E-state index in [0.29, 0.717) is 6.54 Å². The van der Waals surface area contributed by atoms with E-state index in [1.807, 2.05) is 48.0 Å². The Morgan fingerprint density at radius 3 is 2.59 bits per heavy atom. The number of nitrogens with one attached hydrogen (secondary N) is 1. The first-order valence-corrected chi connectivity index (χ1v) is 7.77. The van der Waals surface area contributed by atoms with Gasteiger partial charge in [0.05, 0.1) is 11.4 Å². The van der Waals surface area contributed by atoms with Crippen LogP contribution in [0.4, 0.5) is 5.82 Å². The minimum absolute atomic E-state index is 0.674. The molecule has 1 aromatic carbocycles. The zero-order valence-electron chi connectivity index (χ0n) is 12.4. The normalized spacial score (nSPS) is 10.7. The highest BCUT2D eigenvalue weighted by Gasteiger charge is 2.12. The van der Waals surface area contributed by atoms with Crippen LogP contribution < -0.4 is 5.32 Å². The topological polar surface area (TPSA) is 55.6 Å². The minimum Gasteiger partial charge on any atom is -0.364 e. The molecule has 0 fully saturated rings. The van der Waals surface area contributed by atoms with Crippen molar-refractivity contribution in [2.45, 2.75) is 20.4 Å². The monoisotopic (exact) mass is 357 g/mol. The van der Waals surface area contributed by atoms with Gasteiger partial charge in [0.1, 0.15) is 5.82 Å². The lowest BCUT2D eigenvalue weighted by molar-refractivity contribution is 0.832. The van der Waals surface area contributed by atoms with Crippen molar-refractivity contribution in [3.8, 4) is 5.69 Å². The SMILES string of the molecule is Cc1nn(-c2ccc(Br)cc2)c(C)c1CNc1cccnn1. The second-order valence-corrected chi connectivity index (χ2v) is 5.92. The Balaban J connectivity index is 1.85. The number of hydrogen-bond donors (Lipinski definition) is 1. The molecule has 0 aliphatic carbocycles. The van der Waals surface area contributed by atoms with Gasteiger partial charge in [-0.25, -0.2) is 4.68 Å². The third kappa shape index (κ3) is 3.01. The maximum Gasteiger partial charge on any atom is 0.148 e. The second kappa shape index (κ2) is 6.27. The van der Waals surface area contributed by atoms with Gasteiger partial charge >= 0.3 is 0 Å². The first-order chi connectivity index (χ1) is 10.6. The van der Waals surface area contributed by atoms with Gasteiger partial charge in [0.25, 0.3) is 0 Å². The first-order valence-electron chi connectivity index (χ1n) is 6.98. The summed E-state index contributed by atoms with van der Waals surface area (Å²) in [5, 5.41) is 15.8. The number of aromatic nitrogens is 4. The number of halogens is 1. The molecular formula is C16H16BrN5. The van der Waals surface area contributed by atoms with Crippen molar-refractivity contribution in [2.75, 3.05) is 5.32 Å². The number of hydrogen-bond acceptors (Lipinski definition) is 4. The zero-order valence-corrected chi connectivity index (χ0v) is 14.0. The molecule has 5 nitrogen and oxygen atoms in total. The van der Waals surface area contributed by atoms with Crippen LogP contribution in [0.25, 0.3) is 5.69 Å². The van der Waals surface area contributed by atoms with Gasteiger partial charge in [0.15, 0.2) is 0 Å². The predicted molar refractivity (Wildman–Crippen MR) is 90.1 cm³/mol. The van der Waals surface area contributed by atoms with Crippen molar-refractivity contribution < 1.29 is 0 Å². The predicted octanol–water partition coefficient (Wildman–Crippen LogP) is 3.65. The van der Waals surface area contributed by atoms with E-state index < -0.39 is 0 Å². The highest BCUT2D eigenvalue weighted by atomic mass is 79.9. The van der Waals surface area contributed by atoms with Gasteiger partial charge < -0.3 is 5.32 Å². The lowest BCUT2D eigenvalue weighted by atomic mass is 10.2. The third-order valence-corrected chi connectivity index (χ3v) is 4.06. The number of nitrogens with zero attached hydrogens (tertiary/aromatic N) is 4. The molecule has 0 aliphatic rings. The average Bonchev–Trinajstić information content (AvgIpc) is 2.82. The molecular weight excluding hydrogens is 342 g/mol. The fourth-order valence-corrected chi connectivity index (χ4v) is 2.60. The fourth-order valence-electron chi connectivity index (χ4n) is 2.34. The zero-order chi connectivity index (χ0) is 15.5. The lowest BCUT2D eigenvalue weighted by Gasteiger charge is -2.07. The van der Waals surface area contributed by atoms with Crippen LogP contribution in [-0.2, 0) is 6.54 Å². The molecule has 0 atom stereocenters. The third-order valence-electron chi connectivity index (χ3n) is 3.53. The van der Waals surface area contributed by atoms with Crippen LogP contribution in [0.15, 0.2) is 47.1 Å². The van der Waals surface area contributed by atoms with E-state index in [1.54, 1.807) is 6.20 Å². The summed E-state index contributed by atoms with van der Waals surface area (Å²) >= 11 is 3.45. The van der Waals surface area contributed by atoms with Gasteiger partial charge in [-0.1, -0.05) is 15.9 Å². The standard InChI is InChI=1S/C16H16BrN5/c1-11-15(10-18-16-4-3-9-19-20-16)12(2)22(21-11)14-7-5-13(17)6-8-14/h3-9H,10H2,1-2H3,(H,18,20). The quantitative estimate of drug-likeness (QED) is 0.774. The molecule has 0 saturated heterocycles. The molecule has 0 bridgehead atoms. The Bertz CT molecular complexity index is 765. The Morgan fingerprint density at radius 2 is 1.91 bits per heavy atom. The summed E-state index contributed by atoms with van der Waals surface area (Å²) in [6.45, 7) is 4.78. The van der Waals surface area contributed by atoms with Crippen LogP contribution in [0.1, 0.15) is 17.0 Å². The van der Waals surface area contributed by atoms with Crippen molar-refractivity contribution in [1.29, 1.82) is 0 Å². The van der Waals surface area contributed by atoms with Crippen LogP contribution in [0.5, 0.6) is 0 Å². The van der Waals surface area contributed by atoms with Gasteiger partial charge in [-0.15, -0.1) is 5.10 Å². The Kier molecular flexibility index (Phi) is 4.20. The number of anilines is 1. The molecule has 0 radical (unpaired) electrons. The van der Waals surface area contributed by atoms with Crippen LogP contribution in [0.3, 0.4) is 0 Å². The van der Waals surface area contributed by atoms with Gasteiger partial charge in [-0.05, 0) is 50.2 Å². The summed E-state index contributed by atoms with van der Waals surface area (Å²) in [7, 11) is 0. The first kappa shape index (κ1) is 14.7. The molecule has 3 rings (SSSR count). The highest BCUT2D eigenvalue weighted by molar-refractivity contribution is 9.10. The molecule has 0 saturated carbocycles. The summed E-state index contributed by atoms with van der Waals surface area (Å²) in [6.07, 6.45) is 1.66. The van der Waals surface area contributed by atoms with Crippen LogP contribution >= 0.6 is 15.9 Å². The average molecular weight is 358 g/mol. The Morgan fingerprint density at radius 1 is 1.14 bits per heavy atom. The van der Waals surface area contributed by atoms with E-state index >= 15 is 0 Å². The molecule has 6 heteroatoms. The molecule has 1 N–H and O–H groups in total. The Hall–Kier alpha value is -2.21.